The van der Waals surface area contributed by atoms with Gasteiger partial charge in [-0.2, -0.15) is 4.98 Å². The predicted octanol–water partition coefficient (Wildman–Crippen LogP) is 2.05. The fourth-order valence-electron chi connectivity index (χ4n) is 2.45. The van der Waals surface area contributed by atoms with Gasteiger partial charge in [0.15, 0.2) is 5.82 Å². The molecule has 116 valence electrons. The molecule has 0 aliphatic carbocycles. The summed E-state index contributed by atoms with van der Waals surface area (Å²) in [6, 6.07) is 7.29. The minimum absolute atomic E-state index is 0.129. The van der Waals surface area contributed by atoms with E-state index in [4.69, 9.17) is 16.1 Å². The Hall–Kier alpha value is -1.92. The Morgan fingerprint density at radius 1 is 1.23 bits per heavy atom. The number of rotatable bonds is 3. The number of benzene rings is 1. The van der Waals surface area contributed by atoms with E-state index in [-0.39, 0.29) is 5.91 Å². The monoisotopic (exact) mass is 320 g/mol. The maximum Gasteiger partial charge on any atom is 0.257 e. The van der Waals surface area contributed by atoms with Crippen LogP contribution in [0.1, 0.15) is 12.7 Å². The molecule has 22 heavy (non-hydrogen) atoms. The van der Waals surface area contributed by atoms with Gasteiger partial charge in [0, 0.05) is 43.7 Å². The number of halogens is 1. The zero-order valence-corrected chi connectivity index (χ0v) is 13.1. The Morgan fingerprint density at radius 2 is 1.91 bits per heavy atom. The van der Waals surface area contributed by atoms with E-state index in [1.54, 1.807) is 19.1 Å². The summed E-state index contributed by atoms with van der Waals surface area (Å²) in [6.07, 6.45) is 0. The molecule has 6 nitrogen and oxygen atoms in total. The van der Waals surface area contributed by atoms with Gasteiger partial charge < -0.3 is 9.42 Å². The van der Waals surface area contributed by atoms with Crippen LogP contribution in [-0.4, -0.2) is 52.0 Å². The Morgan fingerprint density at radius 3 is 2.55 bits per heavy atom. The summed E-state index contributed by atoms with van der Waals surface area (Å²) in [5.41, 5.74) is 0.851. The van der Waals surface area contributed by atoms with Crippen molar-refractivity contribution < 1.29 is 9.32 Å². The number of carbonyl (C=O) groups excluding carboxylic acids is 1. The van der Waals surface area contributed by atoms with Gasteiger partial charge in [0.1, 0.15) is 0 Å². The smallest absolute Gasteiger partial charge is 0.257 e. The van der Waals surface area contributed by atoms with Crippen molar-refractivity contribution in [2.45, 2.75) is 13.5 Å². The van der Waals surface area contributed by atoms with Gasteiger partial charge in [-0.3, -0.25) is 9.69 Å². The van der Waals surface area contributed by atoms with Crippen LogP contribution >= 0.6 is 11.6 Å². The molecule has 2 heterocycles. The molecule has 1 aliphatic heterocycles. The first-order valence-corrected chi connectivity index (χ1v) is 7.56. The van der Waals surface area contributed by atoms with Gasteiger partial charge in [-0.1, -0.05) is 16.8 Å². The van der Waals surface area contributed by atoms with E-state index < -0.39 is 0 Å². The van der Waals surface area contributed by atoms with E-state index >= 15 is 0 Å². The number of amides is 1. The maximum absolute atomic E-state index is 11.3. The molecule has 2 aromatic rings. The molecule has 0 saturated carbocycles. The zero-order chi connectivity index (χ0) is 15.5. The third kappa shape index (κ3) is 3.45. The van der Waals surface area contributed by atoms with Crippen LogP contribution in [0, 0.1) is 0 Å². The summed E-state index contributed by atoms with van der Waals surface area (Å²) in [4.78, 5) is 19.8. The highest BCUT2D eigenvalue weighted by Crippen LogP contribution is 2.20. The highest BCUT2D eigenvalue weighted by atomic mass is 35.5. The number of hydrogen-bond acceptors (Lipinski definition) is 5. The van der Waals surface area contributed by atoms with E-state index in [0.29, 0.717) is 23.3 Å². The van der Waals surface area contributed by atoms with Crippen molar-refractivity contribution in [3.05, 3.63) is 35.1 Å². The fourth-order valence-corrected chi connectivity index (χ4v) is 2.57. The third-order valence-electron chi connectivity index (χ3n) is 3.74. The van der Waals surface area contributed by atoms with E-state index in [1.807, 2.05) is 17.0 Å². The summed E-state index contributed by atoms with van der Waals surface area (Å²) in [6.45, 7) is 5.37. The second-order valence-corrected chi connectivity index (χ2v) is 5.74. The SMILES string of the molecule is CC(=O)N1CCN(Cc2noc(-c3ccc(Cl)cc3)n2)CC1. The molecule has 0 radical (unpaired) electrons. The second kappa shape index (κ2) is 6.46. The largest absolute Gasteiger partial charge is 0.340 e. The lowest BCUT2D eigenvalue weighted by atomic mass is 10.2. The Kier molecular flexibility index (Phi) is 4.40. The second-order valence-electron chi connectivity index (χ2n) is 5.30. The average Bonchev–Trinajstić information content (AvgIpc) is 2.97. The van der Waals surface area contributed by atoms with E-state index in [0.717, 1.165) is 31.7 Å². The van der Waals surface area contributed by atoms with Crippen LogP contribution in [0.5, 0.6) is 0 Å². The molecule has 1 aromatic heterocycles. The number of nitrogens with zero attached hydrogens (tertiary/aromatic N) is 4. The predicted molar refractivity (Wildman–Crippen MR) is 82.3 cm³/mol. The number of carbonyl (C=O) groups is 1. The standard InChI is InChI=1S/C15H17ClN4O2/c1-11(21)20-8-6-19(7-9-20)10-14-17-15(22-18-14)12-2-4-13(16)5-3-12/h2-5H,6-10H2,1H3. The lowest BCUT2D eigenvalue weighted by molar-refractivity contribution is -0.130. The normalized spacial score (nSPS) is 16.0. The van der Waals surface area contributed by atoms with Crippen molar-refractivity contribution in [3.63, 3.8) is 0 Å². The average molecular weight is 321 g/mol. The molecule has 1 amide bonds. The molecule has 1 aromatic carbocycles. The van der Waals surface area contributed by atoms with Gasteiger partial charge in [-0.25, -0.2) is 0 Å². The van der Waals surface area contributed by atoms with E-state index in [1.165, 1.54) is 0 Å². The maximum atomic E-state index is 11.3. The molecule has 1 aliphatic rings. The molecular weight excluding hydrogens is 304 g/mol. The summed E-state index contributed by atoms with van der Waals surface area (Å²) < 4.78 is 5.30. The topological polar surface area (TPSA) is 62.5 Å². The Bertz CT molecular complexity index is 648. The Labute approximate surface area is 133 Å². The summed E-state index contributed by atoms with van der Waals surface area (Å²) in [5.74, 6) is 1.28. The molecule has 0 bridgehead atoms. The van der Waals surface area contributed by atoms with Gasteiger partial charge in [0.05, 0.1) is 6.54 Å². The van der Waals surface area contributed by atoms with E-state index in [2.05, 4.69) is 15.0 Å². The molecule has 1 saturated heterocycles. The first-order valence-electron chi connectivity index (χ1n) is 7.18. The molecular formula is C15H17ClN4O2. The molecule has 0 N–H and O–H groups in total. The Balaban J connectivity index is 1.60. The van der Waals surface area contributed by atoms with Crippen LogP contribution in [0.2, 0.25) is 5.02 Å². The minimum Gasteiger partial charge on any atom is -0.340 e. The zero-order valence-electron chi connectivity index (χ0n) is 12.3. The van der Waals surface area contributed by atoms with Crippen LogP contribution in [0.4, 0.5) is 0 Å². The number of hydrogen-bond donors (Lipinski definition) is 0. The molecule has 0 unspecified atom stereocenters. The van der Waals surface area contributed by atoms with Crippen molar-refractivity contribution in [1.29, 1.82) is 0 Å². The molecule has 0 spiro atoms. The van der Waals surface area contributed by atoms with Crippen molar-refractivity contribution in [3.8, 4) is 11.5 Å². The summed E-state index contributed by atoms with van der Waals surface area (Å²) >= 11 is 5.87. The van der Waals surface area contributed by atoms with Crippen molar-refractivity contribution in [2.24, 2.45) is 0 Å². The van der Waals surface area contributed by atoms with Crippen LogP contribution < -0.4 is 0 Å². The highest BCUT2D eigenvalue weighted by molar-refractivity contribution is 6.30. The summed E-state index contributed by atoms with van der Waals surface area (Å²) in [7, 11) is 0. The van der Waals surface area contributed by atoms with Crippen LogP contribution in [0.25, 0.3) is 11.5 Å². The lowest BCUT2D eigenvalue weighted by Gasteiger charge is -2.33. The van der Waals surface area contributed by atoms with Crippen molar-refractivity contribution >= 4 is 17.5 Å². The van der Waals surface area contributed by atoms with Crippen LogP contribution in [-0.2, 0) is 11.3 Å². The first kappa shape index (κ1) is 15.0. The van der Waals surface area contributed by atoms with Gasteiger partial charge in [0.2, 0.25) is 5.91 Å². The number of piperazine rings is 1. The fraction of sp³-hybridized carbons (Fsp3) is 0.400. The van der Waals surface area contributed by atoms with E-state index in [9.17, 15) is 4.79 Å². The third-order valence-corrected chi connectivity index (χ3v) is 3.99. The summed E-state index contributed by atoms with van der Waals surface area (Å²) in [5, 5.41) is 4.69. The molecule has 7 heteroatoms. The van der Waals surface area contributed by atoms with Crippen LogP contribution in [0.15, 0.2) is 28.8 Å². The lowest BCUT2D eigenvalue weighted by Crippen LogP contribution is -2.47. The van der Waals surface area contributed by atoms with Gasteiger partial charge >= 0.3 is 0 Å². The minimum atomic E-state index is 0.129. The molecule has 1 fully saturated rings. The van der Waals surface area contributed by atoms with Gasteiger partial charge in [-0.15, -0.1) is 0 Å². The van der Waals surface area contributed by atoms with Gasteiger partial charge in [-0.05, 0) is 24.3 Å². The molecule has 0 atom stereocenters. The highest BCUT2D eigenvalue weighted by Gasteiger charge is 2.20. The quantitative estimate of drug-likeness (QED) is 0.866. The number of aromatic nitrogens is 2. The van der Waals surface area contributed by atoms with Crippen molar-refractivity contribution in [1.82, 2.24) is 19.9 Å². The van der Waals surface area contributed by atoms with Gasteiger partial charge in [0.25, 0.3) is 5.89 Å². The first-order chi connectivity index (χ1) is 10.6. The van der Waals surface area contributed by atoms with Crippen LogP contribution in [0.3, 0.4) is 0 Å². The molecule has 3 rings (SSSR count). The van der Waals surface area contributed by atoms with Crippen molar-refractivity contribution in [2.75, 3.05) is 26.2 Å².